The quantitative estimate of drug-likeness (QED) is 0.748. The maximum atomic E-state index is 12.0. The van der Waals surface area contributed by atoms with Gasteiger partial charge in [0.05, 0.1) is 16.9 Å². The van der Waals surface area contributed by atoms with Gasteiger partial charge in [0.15, 0.2) is 0 Å². The van der Waals surface area contributed by atoms with E-state index in [9.17, 15) is 4.79 Å². The van der Waals surface area contributed by atoms with Crippen molar-refractivity contribution in [3.8, 4) is 0 Å². The van der Waals surface area contributed by atoms with Crippen molar-refractivity contribution in [1.82, 2.24) is 9.97 Å². The van der Waals surface area contributed by atoms with Crippen LogP contribution >= 0.6 is 0 Å². The van der Waals surface area contributed by atoms with Crippen molar-refractivity contribution >= 4 is 34.0 Å². The zero-order valence-electron chi connectivity index (χ0n) is 12.1. The van der Waals surface area contributed by atoms with Crippen LogP contribution in [0.2, 0.25) is 0 Å². The summed E-state index contributed by atoms with van der Waals surface area (Å²) in [7, 11) is 0. The van der Waals surface area contributed by atoms with E-state index in [0.29, 0.717) is 5.82 Å². The Bertz CT molecular complexity index is 891. The number of nitrogens with zero attached hydrogens (tertiary/aromatic N) is 3. The number of carbonyl (C=O) groups excluding carboxylic acids is 1. The number of anilines is 3. The number of carbonyl (C=O) groups is 1. The number of hydrogen-bond acceptors (Lipinski definition) is 4. The summed E-state index contributed by atoms with van der Waals surface area (Å²) in [6, 6.07) is 15.6. The van der Waals surface area contributed by atoms with Crippen molar-refractivity contribution in [2.75, 3.05) is 16.8 Å². The van der Waals surface area contributed by atoms with Gasteiger partial charge in [0.25, 0.3) is 0 Å². The third-order valence-electron chi connectivity index (χ3n) is 3.72. The lowest BCUT2D eigenvalue weighted by atomic mass is 10.1. The number of nitrogens with one attached hydrogen (secondary N) is 1. The second-order valence-electron chi connectivity index (χ2n) is 5.26. The van der Waals surface area contributed by atoms with E-state index in [2.05, 4.69) is 15.3 Å². The van der Waals surface area contributed by atoms with E-state index in [1.807, 2.05) is 60.4 Å². The average Bonchev–Trinajstić information content (AvgIpc) is 2.53. The highest BCUT2D eigenvalue weighted by Gasteiger charge is 2.25. The van der Waals surface area contributed by atoms with Gasteiger partial charge < -0.3 is 10.2 Å². The Balaban J connectivity index is 1.98. The number of benzene rings is 2. The van der Waals surface area contributed by atoms with Gasteiger partial charge in [0, 0.05) is 5.39 Å². The van der Waals surface area contributed by atoms with Gasteiger partial charge in [-0.05, 0) is 31.2 Å². The van der Waals surface area contributed by atoms with Crippen LogP contribution in [-0.4, -0.2) is 22.4 Å². The Morgan fingerprint density at radius 1 is 1.05 bits per heavy atom. The minimum atomic E-state index is -0.0425. The molecule has 5 nitrogen and oxygen atoms in total. The molecule has 0 unspecified atom stereocenters. The first-order valence-electron chi connectivity index (χ1n) is 7.12. The first-order valence-corrected chi connectivity index (χ1v) is 7.12. The molecular formula is C17H14N4O. The van der Waals surface area contributed by atoms with Gasteiger partial charge in [-0.1, -0.05) is 24.3 Å². The molecule has 5 heteroatoms. The number of rotatable bonds is 1. The molecule has 0 fully saturated rings. The minimum Gasteiger partial charge on any atom is -0.323 e. The molecule has 0 bridgehead atoms. The molecule has 0 spiro atoms. The molecule has 108 valence electrons. The van der Waals surface area contributed by atoms with Crippen molar-refractivity contribution in [2.45, 2.75) is 6.92 Å². The molecule has 0 saturated heterocycles. The molecule has 3 aromatic rings. The number of para-hydroxylation sites is 3. The molecule has 0 saturated carbocycles. The van der Waals surface area contributed by atoms with Crippen molar-refractivity contribution in [3.63, 3.8) is 0 Å². The van der Waals surface area contributed by atoms with Gasteiger partial charge in [0.1, 0.15) is 18.2 Å². The summed E-state index contributed by atoms with van der Waals surface area (Å²) in [4.78, 5) is 23.0. The Labute approximate surface area is 127 Å². The smallest absolute Gasteiger partial charge is 0.244 e. The molecule has 1 aliphatic rings. The number of aromatic nitrogens is 2. The van der Waals surface area contributed by atoms with E-state index in [4.69, 9.17) is 0 Å². The van der Waals surface area contributed by atoms with Crippen LogP contribution < -0.4 is 10.2 Å². The molecule has 1 N–H and O–H groups in total. The summed E-state index contributed by atoms with van der Waals surface area (Å²) in [6.45, 7) is 2.11. The zero-order chi connectivity index (χ0) is 15.1. The number of hydrogen-bond donors (Lipinski definition) is 1. The lowest BCUT2D eigenvalue weighted by Crippen LogP contribution is -2.35. The first kappa shape index (κ1) is 12.8. The Morgan fingerprint density at radius 3 is 2.73 bits per heavy atom. The Kier molecular flexibility index (Phi) is 2.79. The predicted octanol–water partition coefficient (Wildman–Crippen LogP) is 3.03. The summed E-state index contributed by atoms with van der Waals surface area (Å²) in [6.07, 6.45) is 0. The van der Waals surface area contributed by atoms with Crippen LogP contribution in [0.15, 0.2) is 48.5 Å². The summed E-state index contributed by atoms with van der Waals surface area (Å²) < 4.78 is 0. The minimum absolute atomic E-state index is 0.0425. The van der Waals surface area contributed by atoms with Gasteiger partial charge in [-0.2, -0.15) is 0 Å². The fraction of sp³-hybridized carbons (Fsp3) is 0.118. The molecule has 0 atom stereocenters. The topological polar surface area (TPSA) is 58.1 Å². The second-order valence-corrected chi connectivity index (χ2v) is 5.26. The van der Waals surface area contributed by atoms with E-state index in [1.165, 1.54) is 0 Å². The van der Waals surface area contributed by atoms with Crippen LogP contribution in [0.3, 0.4) is 0 Å². The van der Waals surface area contributed by atoms with E-state index in [-0.39, 0.29) is 12.5 Å². The fourth-order valence-corrected chi connectivity index (χ4v) is 2.80. The number of amides is 1. The van der Waals surface area contributed by atoms with Crippen LogP contribution in [-0.2, 0) is 4.79 Å². The lowest BCUT2D eigenvalue weighted by molar-refractivity contribution is -0.115. The molecule has 0 aliphatic carbocycles. The normalized spacial score (nSPS) is 13.9. The molecule has 1 aromatic heterocycles. The summed E-state index contributed by atoms with van der Waals surface area (Å²) >= 11 is 0. The van der Waals surface area contributed by atoms with E-state index >= 15 is 0 Å². The van der Waals surface area contributed by atoms with Crippen LogP contribution in [0.1, 0.15) is 5.82 Å². The van der Waals surface area contributed by atoms with Crippen molar-refractivity contribution < 1.29 is 4.79 Å². The summed E-state index contributed by atoms with van der Waals surface area (Å²) in [5, 5.41) is 3.84. The number of fused-ring (bicyclic) bond motifs is 2. The van der Waals surface area contributed by atoms with Crippen LogP contribution in [0.25, 0.3) is 10.9 Å². The van der Waals surface area contributed by atoms with Crippen LogP contribution in [0.5, 0.6) is 0 Å². The lowest BCUT2D eigenvalue weighted by Gasteiger charge is -2.30. The van der Waals surface area contributed by atoms with Crippen molar-refractivity contribution in [2.24, 2.45) is 0 Å². The largest absolute Gasteiger partial charge is 0.323 e. The SMILES string of the molecule is Cc1nc(N2CC(=O)Nc3ccccc32)c2ccccc2n1. The molecule has 1 aliphatic heterocycles. The van der Waals surface area contributed by atoms with Gasteiger partial charge in [-0.15, -0.1) is 0 Å². The molecule has 2 aromatic carbocycles. The Morgan fingerprint density at radius 2 is 1.82 bits per heavy atom. The van der Waals surface area contributed by atoms with Gasteiger partial charge >= 0.3 is 0 Å². The third-order valence-corrected chi connectivity index (χ3v) is 3.72. The van der Waals surface area contributed by atoms with Crippen LogP contribution in [0, 0.1) is 6.92 Å². The van der Waals surface area contributed by atoms with Gasteiger partial charge in [0.2, 0.25) is 5.91 Å². The molecule has 4 rings (SSSR count). The molecule has 1 amide bonds. The standard InChI is InChI=1S/C17H14N4O/c1-11-18-13-7-3-2-6-12(13)17(19-11)21-10-16(22)20-14-8-4-5-9-15(14)21/h2-9H,10H2,1H3,(H,20,22). The maximum absolute atomic E-state index is 12.0. The predicted molar refractivity (Wildman–Crippen MR) is 86.4 cm³/mol. The molecule has 2 heterocycles. The number of aryl methyl sites for hydroxylation is 1. The van der Waals surface area contributed by atoms with Gasteiger partial charge in [-0.25, -0.2) is 9.97 Å². The molecule has 22 heavy (non-hydrogen) atoms. The van der Waals surface area contributed by atoms with Crippen LogP contribution in [0.4, 0.5) is 17.2 Å². The molecule has 0 radical (unpaired) electrons. The third kappa shape index (κ3) is 1.98. The Hall–Kier alpha value is -2.95. The monoisotopic (exact) mass is 290 g/mol. The van der Waals surface area contributed by atoms with E-state index in [0.717, 1.165) is 28.1 Å². The van der Waals surface area contributed by atoms with E-state index < -0.39 is 0 Å². The first-order chi connectivity index (χ1) is 10.7. The van der Waals surface area contributed by atoms with E-state index in [1.54, 1.807) is 0 Å². The molecular weight excluding hydrogens is 276 g/mol. The van der Waals surface area contributed by atoms with Crippen molar-refractivity contribution in [1.29, 1.82) is 0 Å². The summed E-state index contributed by atoms with van der Waals surface area (Å²) in [5.41, 5.74) is 2.64. The maximum Gasteiger partial charge on any atom is 0.244 e. The highest BCUT2D eigenvalue weighted by molar-refractivity contribution is 6.05. The highest BCUT2D eigenvalue weighted by atomic mass is 16.2. The average molecular weight is 290 g/mol. The van der Waals surface area contributed by atoms with Crippen molar-refractivity contribution in [3.05, 3.63) is 54.4 Å². The summed E-state index contributed by atoms with van der Waals surface area (Å²) in [5.74, 6) is 1.42. The van der Waals surface area contributed by atoms with Gasteiger partial charge in [-0.3, -0.25) is 4.79 Å². The highest BCUT2D eigenvalue weighted by Crippen LogP contribution is 2.36. The second kappa shape index (κ2) is 4.80. The zero-order valence-corrected chi connectivity index (χ0v) is 12.1. The fourth-order valence-electron chi connectivity index (χ4n) is 2.80.